The van der Waals surface area contributed by atoms with Gasteiger partial charge in [0, 0.05) is 19.8 Å². The molecule has 0 radical (unpaired) electrons. The largest absolute Gasteiger partial charge is 0.458 e. The fourth-order valence-corrected chi connectivity index (χ4v) is 2.55. The molecule has 0 N–H and O–H groups in total. The minimum absolute atomic E-state index is 0.0444. The molecule has 0 spiro atoms. The van der Waals surface area contributed by atoms with E-state index in [1.807, 2.05) is 13.8 Å². The maximum absolute atomic E-state index is 11.1. The molecule has 1 fully saturated rings. The summed E-state index contributed by atoms with van der Waals surface area (Å²) >= 11 is 3.29. The van der Waals surface area contributed by atoms with Crippen LogP contribution in [0.2, 0.25) is 0 Å². The van der Waals surface area contributed by atoms with E-state index in [-0.39, 0.29) is 12.0 Å². The van der Waals surface area contributed by atoms with E-state index in [0.717, 1.165) is 0 Å². The van der Waals surface area contributed by atoms with Crippen molar-refractivity contribution in [1.29, 1.82) is 0 Å². The number of halogens is 1. The van der Waals surface area contributed by atoms with Gasteiger partial charge in [-0.05, 0) is 6.92 Å². The molecule has 1 rings (SSSR count). The molecule has 6 heteroatoms. The van der Waals surface area contributed by atoms with E-state index in [2.05, 4.69) is 15.9 Å². The normalized spacial score (nSPS) is 37.4. The lowest BCUT2D eigenvalue weighted by Crippen LogP contribution is -2.53. The van der Waals surface area contributed by atoms with Crippen molar-refractivity contribution in [1.82, 2.24) is 0 Å². The van der Waals surface area contributed by atoms with Crippen LogP contribution in [0.25, 0.3) is 0 Å². The number of hydrogen-bond acceptors (Lipinski definition) is 5. The van der Waals surface area contributed by atoms with Crippen LogP contribution in [-0.4, -0.2) is 35.3 Å². The second kappa shape index (κ2) is 5.82. The first-order valence-electron chi connectivity index (χ1n) is 5.47. The summed E-state index contributed by atoms with van der Waals surface area (Å²) in [6, 6.07) is 0. The number of carbonyl (C=O) groups excluding carboxylic acids is 2. The quantitative estimate of drug-likeness (QED) is 0.573. The molecule has 1 aliphatic heterocycles. The van der Waals surface area contributed by atoms with Crippen LogP contribution in [0, 0.1) is 5.92 Å². The number of esters is 2. The molecule has 0 aromatic heterocycles. The average molecular weight is 309 g/mol. The molecule has 1 saturated heterocycles. The van der Waals surface area contributed by atoms with Crippen LogP contribution < -0.4 is 0 Å². The first kappa shape index (κ1) is 14.4. The van der Waals surface area contributed by atoms with Gasteiger partial charge in [0.1, 0.15) is 6.10 Å². The number of rotatable bonds is 2. The third-order valence-corrected chi connectivity index (χ3v) is 3.53. The minimum atomic E-state index is -0.623. The minimum Gasteiger partial charge on any atom is -0.458 e. The van der Waals surface area contributed by atoms with Gasteiger partial charge in [-0.1, -0.05) is 22.9 Å². The fourth-order valence-electron chi connectivity index (χ4n) is 1.80. The van der Waals surface area contributed by atoms with Crippen molar-refractivity contribution in [2.45, 2.75) is 51.0 Å². The summed E-state index contributed by atoms with van der Waals surface area (Å²) in [5.41, 5.74) is 0. The van der Waals surface area contributed by atoms with Crippen LogP contribution in [0.5, 0.6) is 0 Å². The van der Waals surface area contributed by atoms with Crippen molar-refractivity contribution < 1.29 is 23.8 Å². The molecule has 0 aromatic rings. The van der Waals surface area contributed by atoms with Gasteiger partial charge in [0.05, 0.1) is 6.10 Å². The van der Waals surface area contributed by atoms with Gasteiger partial charge in [-0.25, -0.2) is 0 Å². The Kier molecular flexibility index (Phi) is 4.94. The smallest absolute Gasteiger partial charge is 0.303 e. The van der Waals surface area contributed by atoms with Crippen molar-refractivity contribution in [3.63, 3.8) is 0 Å². The highest BCUT2D eigenvalue weighted by Crippen LogP contribution is 2.32. The van der Waals surface area contributed by atoms with E-state index in [0.29, 0.717) is 0 Å². The predicted molar refractivity (Wildman–Crippen MR) is 63.5 cm³/mol. The molecule has 1 aliphatic rings. The SMILES string of the molecule is CC(=O)O[C@@H]1[C@H](C)[C@H](C)OC(Br)[C@H]1OC(C)=O. The lowest BCUT2D eigenvalue weighted by atomic mass is 9.92. The second-order valence-corrected chi connectivity index (χ2v) is 5.10. The van der Waals surface area contributed by atoms with E-state index in [4.69, 9.17) is 14.2 Å². The van der Waals surface area contributed by atoms with Gasteiger partial charge >= 0.3 is 11.9 Å². The van der Waals surface area contributed by atoms with Crippen LogP contribution in [0.3, 0.4) is 0 Å². The topological polar surface area (TPSA) is 61.8 Å². The Balaban J connectivity index is 2.86. The summed E-state index contributed by atoms with van der Waals surface area (Å²) in [4.78, 5) is 22.1. The van der Waals surface area contributed by atoms with Crippen LogP contribution in [0.15, 0.2) is 0 Å². The third-order valence-electron chi connectivity index (χ3n) is 2.79. The molecule has 0 aliphatic carbocycles. The standard InChI is InChI=1S/C11H17BrO5/c1-5-6(2)15-11(12)10(17-8(4)14)9(5)16-7(3)13/h5-6,9-11H,1-4H3/t5-,6+,9-,10+,11?/m1/s1. The lowest BCUT2D eigenvalue weighted by Gasteiger charge is -2.41. The van der Waals surface area contributed by atoms with Crippen molar-refractivity contribution in [2.24, 2.45) is 5.92 Å². The molecule has 1 heterocycles. The van der Waals surface area contributed by atoms with E-state index >= 15 is 0 Å². The number of hydrogen-bond donors (Lipinski definition) is 0. The monoisotopic (exact) mass is 308 g/mol. The van der Waals surface area contributed by atoms with Crippen LogP contribution in [0.1, 0.15) is 27.7 Å². The molecule has 98 valence electrons. The van der Waals surface area contributed by atoms with Gasteiger partial charge in [0.15, 0.2) is 11.1 Å². The second-order valence-electron chi connectivity index (χ2n) is 4.20. The zero-order valence-corrected chi connectivity index (χ0v) is 11.9. The number of carbonyl (C=O) groups is 2. The van der Waals surface area contributed by atoms with Crippen molar-refractivity contribution in [2.75, 3.05) is 0 Å². The summed E-state index contributed by atoms with van der Waals surface area (Å²) in [6.07, 6.45) is -1.21. The van der Waals surface area contributed by atoms with Gasteiger partial charge in [-0.2, -0.15) is 0 Å². The van der Waals surface area contributed by atoms with E-state index in [1.165, 1.54) is 13.8 Å². The van der Waals surface area contributed by atoms with Gasteiger partial charge < -0.3 is 14.2 Å². The highest BCUT2D eigenvalue weighted by Gasteiger charge is 2.45. The van der Waals surface area contributed by atoms with Crippen LogP contribution in [-0.2, 0) is 23.8 Å². The summed E-state index contributed by atoms with van der Waals surface area (Å²) < 4.78 is 16.0. The highest BCUT2D eigenvalue weighted by atomic mass is 79.9. The molecule has 0 bridgehead atoms. The van der Waals surface area contributed by atoms with Gasteiger partial charge in [0.25, 0.3) is 0 Å². The van der Waals surface area contributed by atoms with E-state index in [1.54, 1.807) is 0 Å². The Labute approximate surface area is 109 Å². The molecule has 0 amide bonds. The van der Waals surface area contributed by atoms with Crippen LogP contribution in [0.4, 0.5) is 0 Å². The average Bonchev–Trinajstić information content (AvgIpc) is 2.19. The van der Waals surface area contributed by atoms with Crippen molar-refractivity contribution in [3.8, 4) is 0 Å². The zero-order valence-electron chi connectivity index (χ0n) is 10.3. The Morgan fingerprint density at radius 1 is 1.06 bits per heavy atom. The van der Waals surface area contributed by atoms with Gasteiger partial charge in [0.2, 0.25) is 0 Å². The summed E-state index contributed by atoms with van der Waals surface area (Å²) in [5, 5.41) is -0.470. The molecule has 0 saturated carbocycles. The van der Waals surface area contributed by atoms with Gasteiger partial charge in [-0.15, -0.1) is 0 Å². The van der Waals surface area contributed by atoms with Crippen LogP contribution >= 0.6 is 15.9 Å². The molecular weight excluding hydrogens is 292 g/mol. The number of ether oxygens (including phenoxy) is 3. The maximum Gasteiger partial charge on any atom is 0.303 e. The van der Waals surface area contributed by atoms with Crippen molar-refractivity contribution >= 4 is 27.9 Å². The van der Waals surface area contributed by atoms with Crippen molar-refractivity contribution in [3.05, 3.63) is 0 Å². The van der Waals surface area contributed by atoms with Gasteiger partial charge in [-0.3, -0.25) is 9.59 Å². The fraction of sp³-hybridized carbons (Fsp3) is 0.818. The lowest BCUT2D eigenvalue weighted by molar-refractivity contribution is -0.203. The molecule has 5 nitrogen and oxygen atoms in total. The molecule has 17 heavy (non-hydrogen) atoms. The Bertz CT molecular complexity index is 306. The summed E-state index contributed by atoms with van der Waals surface area (Å²) in [6.45, 7) is 6.43. The highest BCUT2D eigenvalue weighted by molar-refractivity contribution is 9.09. The molecular formula is C11H17BrO5. The zero-order chi connectivity index (χ0) is 13.2. The Morgan fingerprint density at radius 3 is 2.00 bits per heavy atom. The van der Waals surface area contributed by atoms with E-state index < -0.39 is 29.2 Å². The third kappa shape index (κ3) is 3.67. The summed E-state index contributed by atoms with van der Waals surface area (Å²) in [7, 11) is 0. The Hall–Kier alpha value is -0.620. The molecule has 1 unspecified atom stereocenters. The first-order chi connectivity index (χ1) is 7.82. The van der Waals surface area contributed by atoms with E-state index in [9.17, 15) is 9.59 Å². The maximum atomic E-state index is 11.1. The summed E-state index contributed by atoms with van der Waals surface area (Å²) in [5.74, 6) is -0.869. The first-order valence-corrected chi connectivity index (χ1v) is 6.38. The Morgan fingerprint density at radius 2 is 1.53 bits per heavy atom. The predicted octanol–water partition coefficient (Wildman–Crippen LogP) is 1.63. The molecule has 0 aromatic carbocycles. The number of alkyl halides is 1. The molecule has 5 atom stereocenters.